The Morgan fingerprint density at radius 3 is 2.22 bits per heavy atom. The summed E-state index contributed by atoms with van der Waals surface area (Å²) in [5, 5.41) is 9.05. The molecule has 3 atom stereocenters. The van der Waals surface area contributed by atoms with Crippen LogP contribution in [0.5, 0.6) is 0 Å². The van der Waals surface area contributed by atoms with E-state index in [0.717, 1.165) is 0 Å². The number of aliphatic hydroxyl groups is 1. The first kappa shape index (κ1) is 16.4. The lowest BCUT2D eigenvalue weighted by molar-refractivity contribution is 0.253. The van der Waals surface area contributed by atoms with Gasteiger partial charge in [-0.15, -0.1) is 0 Å². The fourth-order valence-corrected chi connectivity index (χ4v) is 5.43. The van der Waals surface area contributed by atoms with Crippen LogP contribution in [0.4, 0.5) is 4.39 Å². The first-order chi connectivity index (χ1) is 10.8. The van der Waals surface area contributed by atoms with Crippen molar-refractivity contribution >= 4 is 21.4 Å². The molecule has 0 radical (unpaired) electrons. The summed E-state index contributed by atoms with van der Waals surface area (Å²) in [6.07, 6.45) is 0. The van der Waals surface area contributed by atoms with E-state index in [-0.39, 0.29) is 4.90 Å². The van der Waals surface area contributed by atoms with Crippen LogP contribution in [-0.4, -0.2) is 30.9 Å². The van der Waals surface area contributed by atoms with Crippen molar-refractivity contribution in [2.24, 2.45) is 5.73 Å². The summed E-state index contributed by atoms with van der Waals surface area (Å²) < 4.78 is 38.7. The number of halogens is 2. The molecular formula is C16H15ClFNO3S. The van der Waals surface area contributed by atoms with Crippen molar-refractivity contribution in [1.82, 2.24) is 0 Å². The van der Waals surface area contributed by atoms with Gasteiger partial charge in [0.1, 0.15) is 5.82 Å². The summed E-state index contributed by atoms with van der Waals surface area (Å²) in [5.41, 5.74) is 5.42. The molecule has 0 heterocycles. The standard InChI is InChI=1S/C16H15ClFNO3S/c17-11-3-7-13(8-4-11)23(21,22)15-14(16(15,19)9-20)10-1-5-12(18)6-2-10/h1-8,14-15,20H,9,19H2/t14-,15-,16-/m1/s1. The smallest absolute Gasteiger partial charge is 0.183 e. The second-order valence-corrected chi connectivity index (χ2v) is 8.22. The maximum absolute atomic E-state index is 13.1. The van der Waals surface area contributed by atoms with Crippen LogP contribution in [0.3, 0.4) is 0 Å². The topological polar surface area (TPSA) is 80.4 Å². The fraction of sp³-hybridized carbons (Fsp3) is 0.250. The molecule has 1 aliphatic carbocycles. The van der Waals surface area contributed by atoms with Crippen molar-refractivity contribution in [3.63, 3.8) is 0 Å². The number of rotatable bonds is 4. The molecule has 0 saturated heterocycles. The molecule has 3 N–H and O–H groups in total. The van der Waals surface area contributed by atoms with E-state index in [1.807, 2.05) is 0 Å². The van der Waals surface area contributed by atoms with Gasteiger partial charge in [0.15, 0.2) is 9.84 Å². The summed E-state index contributed by atoms with van der Waals surface area (Å²) in [7, 11) is -3.75. The lowest BCUT2D eigenvalue weighted by atomic mass is 10.1. The van der Waals surface area contributed by atoms with E-state index >= 15 is 0 Å². The lowest BCUT2D eigenvalue weighted by Gasteiger charge is -2.08. The van der Waals surface area contributed by atoms with Crippen LogP contribution < -0.4 is 5.73 Å². The quantitative estimate of drug-likeness (QED) is 0.880. The molecular weight excluding hydrogens is 341 g/mol. The molecule has 0 amide bonds. The average molecular weight is 356 g/mol. The van der Waals surface area contributed by atoms with Gasteiger partial charge in [-0.1, -0.05) is 23.7 Å². The Labute approximate surface area is 138 Å². The van der Waals surface area contributed by atoms with Gasteiger partial charge in [0.05, 0.1) is 22.3 Å². The second-order valence-electron chi connectivity index (χ2n) is 5.72. The second kappa shape index (κ2) is 5.56. The predicted molar refractivity (Wildman–Crippen MR) is 85.6 cm³/mol. The predicted octanol–water partition coefficient (Wildman–Crippen LogP) is 2.11. The zero-order valence-corrected chi connectivity index (χ0v) is 13.6. The number of hydrogen-bond acceptors (Lipinski definition) is 4. The van der Waals surface area contributed by atoms with E-state index in [4.69, 9.17) is 17.3 Å². The highest BCUT2D eigenvalue weighted by atomic mass is 35.5. The number of hydrogen-bond donors (Lipinski definition) is 2. The third-order valence-corrected chi connectivity index (χ3v) is 6.84. The van der Waals surface area contributed by atoms with Crippen molar-refractivity contribution in [2.45, 2.75) is 21.6 Å². The van der Waals surface area contributed by atoms with Gasteiger partial charge in [0.2, 0.25) is 0 Å². The Bertz CT molecular complexity index is 823. The zero-order chi connectivity index (χ0) is 16.8. The fourth-order valence-electron chi connectivity index (χ4n) is 3.01. The molecule has 2 aromatic rings. The molecule has 0 aromatic heterocycles. The van der Waals surface area contributed by atoms with E-state index in [9.17, 15) is 17.9 Å². The summed E-state index contributed by atoms with van der Waals surface area (Å²) in [5.74, 6) is -1.01. The molecule has 0 bridgehead atoms. The molecule has 0 aliphatic heterocycles. The molecule has 23 heavy (non-hydrogen) atoms. The molecule has 1 fully saturated rings. The van der Waals surface area contributed by atoms with Crippen molar-refractivity contribution in [2.75, 3.05) is 6.61 Å². The van der Waals surface area contributed by atoms with Gasteiger partial charge < -0.3 is 10.8 Å². The SMILES string of the molecule is N[C@]1(CO)[C@H](c2ccc(F)cc2)[C@H]1S(=O)(=O)c1ccc(Cl)cc1. The van der Waals surface area contributed by atoms with Crippen LogP contribution in [-0.2, 0) is 9.84 Å². The van der Waals surface area contributed by atoms with Crippen LogP contribution >= 0.6 is 11.6 Å². The van der Waals surface area contributed by atoms with E-state index in [1.54, 1.807) is 0 Å². The maximum Gasteiger partial charge on any atom is 0.183 e. The van der Waals surface area contributed by atoms with Gasteiger partial charge in [-0.05, 0) is 42.0 Å². The number of benzene rings is 2. The van der Waals surface area contributed by atoms with Crippen molar-refractivity contribution in [3.8, 4) is 0 Å². The molecule has 0 spiro atoms. The summed E-state index contributed by atoms with van der Waals surface area (Å²) in [4.78, 5) is 0.0970. The maximum atomic E-state index is 13.1. The molecule has 2 aromatic carbocycles. The van der Waals surface area contributed by atoms with Crippen LogP contribution in [0.25, 0.3) is 0 Å². The molecule has 1 aliphatic rings. The van der Waals surface area contributed by atoms with Crippen LogP contribution in [0, 0.1) is 5.82 Å². The van der Waals surface area contributed by atoms with Gasteiger partial charge in [-0.3, -0.25) is 0 Å². The third kappa shape index (κ3) is 2.65. The molecule has 7 heteroatoms. The molecule has 3 rings (SSSR count). The Morgan fingerprint density at radius 2 is 1.70 bits per heavy atom. The number of sulfone groups is 1. The first-order valence-electron chi connectivity index (χ1n) is 6.95. The van der Waals surface area contributed by atoms with Crippen LogP contribution in [0.15, 0.2) is 53.4 Å². The van der Waals surface area contributed by atoms with E-state index in [1.165, 1.54) is 48.5 Å². The summed E-state index contributed by atoms with van der Waals surface area (Å²) in [6, 6.07) is 11.3. The Kier molecular flexibility index (Phi) is 3.96. The first-order valence-corrected chi connectivity index (χ1v) is 8.88. The van der Waals surface area contributed by atoms with Crippen molar-refractivity contribution < 1.29 is 17.9 Å². The van der Waals surface area contributed by atoms with Gasteiger partial charge in [-0.2, -0.15) is 0 Å². The van der Waals surface area contributed by atoms with Crippen molar-refractivity contribution in [3.05, 3.63) is 64.9 Å². The monoisotopic (exact) mass is 355 g/mol. The number of aliphatic hydroxyl groups excluding tert-OH is 1. The Balaban J connectivity index is 2.01. The highest BCUT2D eigenvalue weighted by Gasteiger charge is 2.69. The zero-order valence-electron chi connectivity index (χ0n) is 12.0. The molecule has 4 nitrogen and oxygen atoms in total. The largest absolute Gasteiger partial charge is 0.394 e. The molecule has 1 saturated carbocycles. The van der Waals surface area contributed by atoms with E-state index in [0.29, 0.717) is 10.6 Å². The van der Waals surface area contributed by atoms with Gasteiger partial charge in [0.25, 0.3) is 0 Å². The summed E-state index contributed by atoms with van der Waals surface area (Å²) >= 11 is 5.78. The van der Waals surface area contributed by atoms with Crippen molar-refractivity contribution in [1.29, 1.82) is 0 Å². The minimum absolute atomic E-state index is 0.0970. The van der Waals surface area contributed by atoms with E-state index in [2.05, 4.69) is 0 Å². The summed E-state index contributed by atoms with van der Waals surface area (Å²) in [6.45, 7) is -0.480. The molecule has 0 unspecified atom stereocenters. The highest BCUT2D eigenvalue weighted by molar-refractivity contribution is 7.92. The minimum atomic E-state index is -3.75. The van der Waals surface area contributed by atoms with E-state index < -0.39 is 39.0 Å². The Morgan fingerprint density at radius 1 is 1.13 bits per heavy atom. The average Bonchev–Trinajstić information content (AvgIpc) is 3.16. The normalized spacial score (nSPS) is 27.0. The van der Waals surface area contributed by atoms with Gasteiger partial charge in [0, 0.05) is 10.9 Å². The number of nitrogens with two attached hydrogens (primary N) is 1. The van der Waals surface area contributed by atoms with Gasteiger partial charge >= 0.3 is 0 Å². The third-order valence-electron chi connectivity index (χ3n) is 4.28. The lowest BCUT2D eigenvalue weighted by Crippen LogP contribution is -2.35. The van der Waals surface area contributed by atoms with Crippen LogP contribution in [0.2, 0.25) is 5.02 Å². The minimum Gasteiger partial charge on any atom is -0.394 e. The van der Waals surface area contributed by atoms with Gasteiger partial charge in [-0.25, -0.2) is 12.8 Å². The highest BCUT2D eigenvalue weighted by Crippen LogP contribution is 2.55. The Hall–Kier alpha value is -1.47. The van der Waals surface area contributed by atoms with Crippen LogP contribution in [0.1, 0.15) is 11.5 Å². The molecule has 122 valence electrons.